The normalized spacial score (nSPS) is 11.8. The van der Waals surface area contributed by atoms with Crippen LogP contribution in [0.4, 0.5) is 0 Å². The van der Waals surface area contributed by atoms with Gasteiger partial charge in [-0.15, -0.1) is 0 Å². The van der Waals surface area contributed by atoms with Crippen LogP contribution in [0.2, 0.25) is 5.15 Å². The van der Waals surface area contributed by atoms with Crippen LogP contribution in [0.25, 0.3) is 11.0 Å². The van der Waals surface area contributed by atoms with Crippen LogP contribution in [0.15, 0.2) is 29.4 Å². The van der Waals surface area contributed by atoms with Crippen LogP contribution >= 0.6 is 11.6 Å². The molecule has 2 aromatic rings. The molecule has 1 aromatic carbocycles. The highest BCUT2D eigenvalue weighted by atomic mass is 35.5. The fourth-order valence-corrected chi connectivity index (χ4v) is 1.30. The van der Waals surface area contributed by atoms with Crippen molar-refractivity contribution >= 4 is 28.5 Å². The number of nitrogens with zero attached hydrogens (tertiary/aromatic N) is 3. The van der Waals surface area contributed by atoms with E-state index in [2.05, 4.69) is 15.1 Å². The second kappa shape index (κ2) is 4.32. The minimum absolute atomic E-state index is 0.144. The molecule has 1 aromatic heterocycles. The molecular formula is C10H9ClN4O. The summed E-state index contributed by atoms with van der Waals surface area (Å²) in [5, 5.41) is 3.73. The van der Waals surface area contributed by atoms with Gasteiger partial charge in [-0.05, 0) is 19.1 Å². The number of rotatable bonds is 2. The number of hydrogen-bond donors (Lipinski definition) is 1. The van der Waals surface area contributed by atoms with Gasteiger partial charge >= 0.3 is 0 Å². The minimum atomic E-state index is 0.144. The van der Waals surface area contributed by atoms with Gasteiger partial charge < -0.3 is 10.6 Å². The quantitative estimate of drug-likeness (QED) is 0.491. The Balaban J connectivity index is 2.46. The molecule has 0 aliphatic rings. The average molecular weight is 237 g/mol. The number of fused-ring (bicyclic) bond motifs is 1. The van der Waals surface area contributed by atoms with E-state index in [1.807, 2.05) is 24.3 Å². The van der Waals surface area contributed by atoms with Crippen molar-refractivity contribution < 1.29 is 4.84 Å². The van der Waals surface area contributed by atoms with Crippen LogP contribution < -0.4 is 10.6 Å². The Labute approximate surface area is 96.9 Å². The Bertz CT molecular complexity index is 552. The van der Waals surface area contributed by atoms with Crippen LogP contribution in [0.3, 0.4) is 0 Å². The maximum Gasteiger partial charge on any atom is 0.287 e. The van der Waals surface area contributed by atoms with Crippen LogP contribution in [-0.4, -0.2) is 15.8 Å². The Morgan fingerprint density at radius 2 is 1.94 bits per heavy atom. The van der Waals surface area contributed by atoms with Gasteiger partial charge in [-0.3, -0.25) is 0 Å². The molecule has 0 fully saturated rings. The molecule has 0 aliphatic carbocycles. The summed E-state index contributed by atoms with van der Waals surface area (Å²) in [4.78, 5) is 13.3. The Morgan fingerprint density at radius 1 is 1.31 bits per heavy atom. The monoisotopic (exact) mass is 236 g/mol. The molecule has 0 atom stereocenters. The summed E-state index contributed by atoms with van der Waals surface area (Å²) in [7, 11) is 0. The second-order valence-corrected chi connectivity index (χ2v) is 3.49. The smallest absolute Gasteiger partial charge is 0.287 e. The van der Waals surface area contributed by atoms with Gasteiger partial charge in [0, 0.05) is 0 Å². The summed E-state index contributed by atoms with van der Waals surface area (Å²) in [5.41, 5.74) is 6.73. The molecule has 2 rings (SSSR count). The molecule has 6 heteroatoms. The van der Waals surface area contributed by atoms with Gasteiger partial charge in [0.15, 0.2) is 5.15 Å². The van der Waals surface area contributed by atoms with Crippen LogP contribution in [-0.2, 0) is 0 Å². The van der Waals surface area contributed by atoms with Crippen molar-refractivity contribution in [1.82, 2.24) is 9.97 Å². The summed E-state index contributed by atoms with van der Waals surface area (Å²) in [5.74, 6) is 0.427. The maximum absolute atomic E-state index is 5.88. The van der Waals surface area contributed by atoms with Gasteiger partial charge in [0.05, 0.1) is 11.0 Å². The lowest BCUT2D eigenvalue weighted by Gasteiger charge is -2.02. The number of para-hydroxylation sites is 2. The third-order valence-electron chi connectivity index (χ3n) is 1.77. The van der Waals surface area contributed by atoms with E-state index < -0.39 is 0 Å². The molecule has 5 nitrogen and oxygen atoms in total. The number of amidine groups is 1. The van der Waals surface area contributed by atoms with Gasteiger partial charge in [-0.2, -0.15) is 0 Å². The highest BCUT2D eigenvalue weighted by Gasteiger charge is 2.07. The molecule has 0 radical (unpaired) electrons. The Hall–Kier alpha value is -1.88. The lowest BCUT2D eigenvalue weighted by atomic mass is 10.3. The van der Waals surface area contributed by atoms with Gasteiger partial charge in [0.25, 0.3) is 5.88 Å². The zero-order valence-corrected chi connectivity index (χ0v) is 9.27. The maximum atomic E-state index is 5.88. The number of aromatic nitrogens is 2. The molecule has 0 saturated carbocycles. The number of hydrogen-bond acceptors (Lipinski definition) is 4. The van der Waals surface area contributed by atoms with Crippen molar-refractivity contribution in [2.45, 2.75) is 6.92 Å². The molecule has 1 heterocycles. The zero-order chi connectivity index (χ0) is 11.5. The largest absolute Gasteiger partial charge is 0.385 e. The van der Waals surface area contributed by atoms with E-state index >= 15 is 0 Å². The summed E-state index contributed by atoms with van der Waals surface area (Å²) >= 11 is 5.88. The molecule has 82 valence electrons. The van der Waals surface area contributed by atoms with Crippen molar-refractivity contribution in [2.75, 3.05) is 0 Å². The van der Waals surface area contributed by atoms with E-state index in [-0.39, 0.29) is 16.9 Å². The fourth-order valence-electron chi connectivity index (χ4n) is 1.14. The van der Waals surface area contributed by atoms with Crippen molar-refractivity contribution in [2.24, 2.45) is 10.9 Å². The van der Waals surface area contributed by atoms with E-state index in [9.17, 15) is 0 Å². The van der Waals surface area contributed by atoms with E-state index in [0.29, 0.717) is 11.0 Å². The number of nitrogens with two attached hydrogens (primary N) is 1. The lowest BCUT2D eigenvalue weighted by Crippen LogP contribution is -2.07. The van der Waals surface area contributed by atoms with Crippen LogP contribution in [0, 0.1) is 0 Å². The highest BCUT2D eigenvalue weighted by Crippen LogP contribution is 2.22. The SMILES string of the molecule is C/C(N)=N/Oc1nc2ccccc2nc1Cl. The zero-order valence-electron chi connectivity index (χ0n) is 8.51. The topological polar surface area (TPSA) is 73.4 Å². The fraction of sp³-hybridized carbons (Fsp3) is 0.100. The predicted octanol–water partition coefficient (Wildman–Crippen LogP) is 1.95. The first kappa shape index (κ1) is 10.6. The first-order chi connectivity index (χ1) is 7.66. The van der Waals surface area contributed by atoms with Crippen LogP contribution in [0.5, 0.6) is 5.88 Å². The van der Waals surface area contributed by atoms with E-state index in [1.54, 1.807) is 6.92 Å². The van der Waals surface area contributed by atoms with E-state index in [1.165, 1.54) is 0 Å². The molecule has 2 N–H and O–H groups in total. The number of benzene rings is 1. The highest BCUT2D eigenvalue weighted by molar-refractivity contribution is 6.31. The first-order valence-corrected chi connectivity index (χ1v) is 4.94. The van der Waals surface area contributed by atoms with Gasteiger partial charge in [0.2, 0.25) is 0 Å². The Morgan fingerprint density at radius 3 is 2.56 bits per heavy atom. The molecule has 0 spiro atoms. The Kier molecular flexibility index (Phi) is 2.87. The van der Waals surface area contributed by atoms with Gasteiger partial charge in [0.1, 0.15) is 5.84 Å². The van der Waals surface area contributed by atoms with Crippen molar-refractivity contribution in [3.05, 3.63) is 29.4 Å². The lowest BCUT2D eigenvalue weighted by molar-refractivity contribution is 0.326. The number of oxime groups is 1. The first-order valence-electron chi connectivity index (χ1n) is 4.56. The van der Waals surface area contributed by atoms with E-state index in [0.717, 1.165) is 0 Å². The third-order valence-corrected chi connectivity index (χ3v) is 2.02. The van der Waals surface area contributed by atoms with Gasteiger partial charge in [-0.1, -0.05) is 28.9 Å². The molecule has 0 bridgehead atoms. The molecule has 0 unspecified atom stereocenters. The minimum Gasteiger partial charge on any atom is -0.385 e. The molecule has 0 saturated heterocycles. The average Bonchev–Trinajstić information content (AvgIpc) is 2.26. The van der Waals surface area contributed by atoms with Crippen molar-refractivity contribution in [3.8, 4) is 5.88 Å². The third kappa shape index (κ3) is 2.20. The van der Waals surface area contributed by atoms with Crippen molar-refractivity contribution in [1.29, 1.82) is 0 Å². The molecule has 0 aliphatic heterocycles. The van der Waals surface area contributed by atoms with E-state index in [4.69, 9.17) is 22.2 Å². The van der Waals surface area contributed by atoms with Crippen molar-refractivity contribution in [3.63, 3.8) is 0 Å². The number of halogens is 1. The predicted molar refractivity (Wildman–Crippen MR) is 62.5 cm³/mol. The molecular weight excluding hydrogens is 228 g/mol. The molecule has 16 heavy (non-hydrogen) atoms. The summed E-state index contributed by atoms with van der Waals surface area (Å²) in [6.45, 7) is 1.60. The summed E-state index contributed by atoms with van der Waals surface area (Å²) in [6, 6.07) is 7.34. The summed E-state index contributed by atoms with van der Waals surface area (Å²) in [6.07, 6.45) is 0. The second-order valence-electron chi connectivity index (χ2n) is 3.13. The summed E-state index contributed by atoms with van der Waals surface area (Å²) < 4.78 is 0. The van der Waals surface area contributed by atoms with Crippen LogP contribution in [0.1, 0.15) is 6.92 Å². The molecule has 0 amide bonds. The van der Waals surface area contributed by atoms with Gasteiger partial charge in [-0.25, -0.2) is 9.97 Å². The standard InChI is InChI=1S/C10H9ClN4O/c1-6(12)15-16-10-9(11)13-7-4-2-3-5-8(7)14-10/h2-5H,1H3,(H2,12,15).